The van der Waals surface area contributed by atoms with Gasteiger partial charge in [-0.15, -0.1) is 0 Å². The lowest BCUT2D eigenvalue weighted by Gasteiger charge is -2.43. The molecule has 0 radical (unpaired) electrons. The molecule has 0 aromatic carbocycles. The molecule has 4 aliphatic rings. The Bertz CT molecular complexity index is 694. The lowest BCUT2D eigenvalue weighted by Crippen LogP contribution is -2.57. The predicted octanol–water partition coefficient (Wildman–Crippen LogP) is 3.75. The van der Waals surface area contributed by atoms with Crippen molar-refractivity contribution in [3.8, 4) is 0 Å². The van der Waals surface area contributed by atoms with Gasteiger partial charge in [0.25, 0.3) is 0 Å². The first-order chi connectivity index (χ1) is 14.8. The number of amides is 1. The monoisotopic (exact) mass is 437 g/mol. The second-order valence-corrected chi connectivity index (χ2v) is 10.4. The average Bonchev–Trinajstić information content (AvgIpc) is 3.58. The number of carbonyl (C=O) groups excluding carboxylic acids is 1. The number of hydrogen-bond acceptors (Lipinski definition) is 6. The Labute approximate surface area is 186 Å². The highest BCUT2D eigenvalue weighted by molar-refractivity contribution is 5.68. The molecule has 31 heavy (non-hydrogen) atoms. The van der Waals surface area contributed by atoms with E-state index in [2.05, 4.69) is 32.2 Å². The fourth-order valence-electron chi connectivity index (χ4n) is 6.09. The Morgan fingerprint density at radius 2 is 1.90 bits per heavy atom. The maximum Gasteiger partial charge on any atom is 0.408 e. The molecular weight excluding hydrogens is 398 g/mol. The molecule has 2 saturated heterocycles. The highest BCUT2D eigenvalue weighted by Crippen LogP contribution is 2.59. The largest absolute Gasteiger partial charge is 0.443 e. The summed E-state index contributed by atoms with van der Waals surface area (Å²) in [6.07, 6.45) is 7.91. The van der Waals surface area contributed by atoms with Crippen LogP contribution >= 0.6 is 0 Å². The molecule has 4 unspecified atom stereocenters. The number of epoxide rings is 2. The van der Waals surface area contributed by atoms with Crippen LogP contribution in [0.3, 0.4) is 0 Å². The zero-order valence-corrected chi connectivity index (χ0v) is 19.7. The third kappa shape index (κ3) is 4.52. The van der Waals surface area contributed by atoms with E-state index in [-0.39, 0.29) is 47.1 Å². The number of rotatable bonds is 8. The number of carbonyl (C=O) groups is 1. The SMILES string of the molecule is COCC1(NC(=O)OC2CC[C@]3(CO3)C(C3(C)O[C@@H]3CC=C(C)C)C2OC)CCCC1. The van der Waals surface area contributed by atoms with Gasteiger partial charge in [-0.05, 0) is 52.9 Å². The van der Waals surface area contributed by atoms with Gasteiger partial charge < -0.3 is 29.0 Å². The molecule has 2 heterocycles. The summed E-state index contributed by atoms with van der Waals surface area (Å²) in [6, 6.07) is 0. The first-order valence-corrected chi connectivity index (χ1v) is 11.7. The highest BCUT2D eigenvalue weighted by Gasteiger charge is 2.72. The fraction of sp³-hybridized carbons (Fsp3) is 0.875. The minimum Gasteiger partial charge on any atom is -0.443 e. The van der Waals surface area contributed by atoms with Crippen molar-refractivity contribution in [3.63, 3.8) is 0 Å². The van der Waals surface area contributed by atoms with E-state index in [1.165, 1.54) is 5.57 Å². The normalized spacial score (nSPS) is 40.4. The van der Waals surface area contributed by atoms with Crippen LogP contribution in [0, 0.1) is 5.92 Å². The van der Waals surface area contributed by atoms with Crippen molar-refractivity contribution < 1.29 is 28.5 Å². The quantitative estimate of drug-likeness (QED) is 0.460. The molecule has 1 N–H and O–H groups in total. The van der Waals surface area contributed by atoms with E-state index < -0.39 is 0 Å². The molecule has 2 saturated carbocycles. The third-order valence-electron chi connectivity index (χ3n) is 7.84. The Morgan fingerprint density at radius 1 is 1.19 bits per heavy atom. The zero-order chi connectivity index (χ0) is 22.3. The van der Waals surface area contributed by atoms with Gasteiger partial charge in [-0.3, -0.25) is 0 Å². The van der Waals surface area contributed by atoms with Crippen molar-refractivity contribution in [2.75, 3.05) is 27.4 Å². The van der Waals surface area contributed by atoms with Crippen LogP contribution in [-0.2, 0) is 23.7 Å². The van der Waals surface area contributed by atoms with Crippen LogP contribution in [-0.4, -0.2) is 68.6 Å². The minimum absolute atomic E-state index is 0.0338. The Balaban J connectivity index is 1.45. The molecule has 176 valence electrons. The van der Waals surface area contributed by atoms with Gasteiger partial charge in [0.05, 0.1) is 30.8 Å². The third-order valence-corrected chi connectivity index (χ3v) is 7.84. The van der Waals surface area contributed by atoms with Crippen LogP contribution in [0.1, 0.15) is 65.7 Å². The molecule has 1 amide bonds. The Morgan fingerprint density at radius 3 is 2.48 bits per heavy atom. The molecule has 4 rings (SSSR count). The zero-order valence-electron chi connectivity index (χ0n) is 19.7. The standard InChI is InChI=1S/C24H39NO6/c1-16(2)8-9-18-22(3,31-18)20-19(28-5)17(10-13-24(20)15-29-24)30-21(26)25-23(14-27-4)11-6-7-12-23/h8,17-20H,6-7,9-15H2,1-5H3,(H,25,26)/t17?,18-,19?,20?,22?,24+/m1/s1. The molecule has 4 fully saturated rings. The number of nitrogens with one attached hydrogen (secondary N) is 1. The summed E-state index contributed by atoms with van der Waals surface area (Å²) in [4.78, 5) is 12.9. The van der Waals surface area contributed by atoms with Crippen LogP contribution in [0.15, 0.2) is 11.6 Å². The molecule has 0 bridgehead atoms. The van der Waals surface area contributed by atoms with Gasteiger partial charge in [-0.2, -0.15) is 0 Å². The molecule has 6 atom stereocenters. The maximum atomic E-state index is 12.9. The van der Waals surface area contributed by atoms with E-state index in [1.54, 1.807) is 14.2 Å². The predicted molar refractivity (Wildman–Crippen MR) is 116 cm³/mol. The van der Waals surface area contributed by atoms with Crippen molar-refractivity contribution in [1.29, 1.82) is 0 Å². The number of hydrogen-bond donors (Lipinski definition) is 1. The second-order valence-electron chi connectivity index (χ2n) is 10.4. The van der Waals surface area contributed by atoms with Crippen molar-refractivity contribution in [2.45, 2.75) is 101 Å². The van der Waals surface area contributed by atoms with Crippen LogP contribution in [0.5, 0.6) is 0 Å². The summed E-state index contributed by atoms with van der Waals surface area (Å²) in [5, 5.41) is 3.12. The van der Waals surface area contributed by atoms with Crippen LogP contribution in [0.2, 0.25) is 0 Å². The number of methoxy groups -OCH3 is 2. The summed E-state index contributed by atoms with van der Waals surface area (Å²) in [5.74, 6) is 0.0338. The van der Waals surface area contributed by atoms with E-state index >= 15 is 0 Å². The Hall–Kier alpha value is -1.15. The van der Waals surface area contributed by atoms with Crippen LogP contribution in [0.25, 0.3) is 0 Å². The fourth-order valence-corrected chi connectivity index (χ4v) is 6.09. The lowest BCUT2D eigenvalue weighted by atomic mass is 9.68. The van der Waals surface area contributed by atoms with Gasteiger partial charge in [-0.1, -0.05) is 24.5 Å². The molecule has 2 aliphatic carbocycles. The molecule has 0 aromatic heterocycles. The lowest BCUT2D eigenvalue weighted by molar-refractivity contribution is -0.119. The molecule has 1 spiro atoms. The first-order valence-electron chi connectivity index (χ1n) is 11.7. The summed E-state index contributed by atoms with van der Waals surface area (Å²) >= 11 is 0. The number of ether oxygens (including phenoxy) is 5. The van der Waals surface area contributed by atoms with Crippen molar-refractivity contribution in [1.82, 2.24) is 5.32 Å². The van der Waals surface area contributed by atoms with Gasteiger partial charge in [0.1, 0.15) is 23.4 Å². The second kappa shape index (κ2) is 8.65. The first kappa shape index (κ1) is 23.0. The van der Waals surface area contributed by atoms with Crippen molar-refractivity contribution >= 4 is 6.09 Å². The van der Waals surface area contributed by atoms with Gasteiger partial charge in [0.15, 0.2) is 0 Å². The van der Waals surface area contributed by atoms with E-state index in [9.17, 15) is 4.79 Å². The van der Waals surface area contributed by atoms with Crippen molar-refractivity contribution in [3.05, 3.63) is 11.6 Å². The van der Waals surface area contributed by atoms with Crippen LogP contribution < -0.4 is 5.32 Å². The summed E-state index contributed by atoms with van der Waals surface area (Å²) in [7, 11) is 3.38. The van der Waals surface area contributed by atoms with E-state index in [0.717, 1.165) is 51.6 Å². The number of allylic oxidation sites excluding steroid dienone is 1. The van der Waals surface area contributed by atoms with Gasteiger partial charge in [-0.25, -0.2) is 4.79 Å². The maximum absolute atomic E-state index is 12.9. The summed E-state index contributed by atoms with van der Waals surface area (Å²) < 4.78 is 29.6. The summed E-state index contributed by atoms with van der Waals surface area (Å²) in [6.45, 7) is 7.60. The average molecular weight is 438 g/mol. The number of alkyl carbamates (subject to hydrolysis) is 1. The van der Waals surface area contributed by atoms with Gasteiger partial charge in [0, 0.05) is 14.2 Å². The van der Waals surface area contributed by atoms with E-state index in [1.807, 2.05) is 0 Å². The van der Waals surface area contributed by atoms with Crippen LogP contribution in [0.4, 0.5) is 4.79 Å². The van der Waals surface area contributed by atoms with Gasteiger partial charge >= 0.3 is 6.09 Å². The minimum atomic E-state index is -0.375. The van der Waals surface area contributed by atoms with E-state index in [4.69, 9.17) is 23.7 Å². The van der Waals surface area contributed by atoms with Gasteiger partial charge in [0.2, 0.25) is 0 Å². The highest BCUT2D eigenvalue weighted by atomic mass is 16.6. The Kier molecular flexibility index (Phi) is 6.43. The van der Waals surface area contributed by atoms with Crippen molar-refractivity contribution in [2.24, 2.45) is 5.92 Å². The molecular formula is C24H39NO6. The molecule has 2 aliphatic heterocycles. The topological polar surface area (TPSA) is 81.9 Å². The summed E-state index contributed by atoms with van der Waals surface area (Å²) in [5.41, 5.74) is 0.431. The van der Waals surface area contributed by atoms with E-state index in [0.29, 0.717) is 6.61 Å². The smallest absolute Gasteiger partial charge is 0.408 e. The molecule has 0 aromatic rings. The molecule has 7 nitrogen and oxygen atoms in total. The molecule has 7 heteroatoms.